The first-order valence-electron chi connectivity index (χ1n) is 8.42. The number of hydrogen-bond acceptors (Lipinski definition) is 6. The number of nitrogens with one attached hydrogen (secondary N) is 3. The third-order valence-electron chi connectivity index (χ3n) is 4.32. The quantitative estimate of drug-likeness (QED) is 0.299. The number of H-pyrrole nitrogens is 2. The van der Waals surface area contributed by atoms with Crippen LogP contribution in [0.15, 0.2) is 41.6 Å². The van der Waals surface area contributed by atoms with Gasteiger partial charge in [-0.1, -0.05) is 0 Å². The van der Waals surface area contributed by atoms with Gasteiger partial charge in [0.2, 0.25) is 6.41 Å². The zero-order valence-corrected chi connectivity index (χ0v) is 14.8. The number of hydrogen-bond donors (Lipinski definition) is 5. The fraction of sp³-hybridized carbons (Fsp3) is 0.0556. The summed E-state index contributed by atoms with van der Waals surface area (Å²) < 4.78 is 1.64. The minimum absolute atomic E-state index is 0.106. The molecule has 0 unspecified atom stereocenters. The molecule has 0 spiro atoms. The van der Waals surface area contributed by atoms with E-state index in [0.717, 1.165) is 11.1 Å². The Labute approximate surface area is 162 Å². The lowest BCUT2D eigenvalue weighted by Crippen LogP contribution is -2.18. The Kier molecular flexibility index (Phi) is 4.31. The highest BCUT2D eigenvalue weighted by Crippen LogP contribution is 2.23. The van der Waals surface area contributed by atoms with Crippen LogP contribution in [0.1, 0.15) is 16.1 Å². The fourth-order valence-electron chi connectivity index (χ4n) is 2.99. The van der Waals surface area contributed by atoms with Gasteiger partial charge in [-0.3, -0.25) is 19.1 Å². The highest BCUT2D eigenvalue weighted by Gasteiger charge is 2.18. The molecule has 0 saturated heterocycles. The van der Waals surface area contributed by atoms with E-state index in [-0.39, 0.29) is 23.1 Å². The van der Waals surface area contributed by atoms with E-state index in [9.17, 15) is 19.5 Å². The summed E-state index contributed by atoms with van der Waals surface area (Å²) in [6.07, 6.45) is 5.77. The van der Waals surface area contributed by atoms with E-state index in [1.54, 1.807) is 41.5 Å². The average molecular weight is 393 g/mol. The summed E-state index contributed by atoms with van der Waals surface area (Å²) in [5, 5.41) is 16.7. The predicted molar refractivity (Wildman–Crippen MR) is 103 cm³/mol. The van der Waals surface area contributed by atoms with Gasteiger partial charge in [0, 0.05) is 23.5 Å². The third kappa shape index (κ3) is 3.32. The van der Waals surface area contributed by atoms with Crippen molar-refractivity contribution < 1.29 is 14.7 Å². The maximum atomic E-state index is 11.7. The van der Waals surface area contributed by atoms with Crippen molar-refractivity contribution in [2.45, 2.75) is 6.54 Å². The van der Waals surface area contributed by atoms with Crippen LogP contribution in [0.4, 0.5) is 5.82 Å². The molecule has 4 heterocycles. The van der Waals surface area contributed by atoms with Crippen molar-refractivity contribution in [3.05, 3.63) is 58.4 Å². The molecule has 11 nitrogen and oxygen atoms in total. The van der Waals surface area contributed by atoms with E-state index < -0.39 is 17.2 Å². The average Bonchev–Trinajstić information content (AvgIpc) is 3.32. The minimum Gasteiger partial charge on any atom is -0.502 e. The molecule has 11 heteroatoms. The standard InChI is InChI=1S/C18H15N7O4/c19-17(28)14-15-12(24-18(29)16(14)27)2-1-11(23-15)7-25-6-10(5-22-25)9-3-13(20-4-9)21-8-26/h1-6,8,20,27H,7H2,(H2,19,28)(H,21,26)(H,24,29). The van der Waals surface area contributed by atoms with Crippen LogP contribution in [0, 0.1) is 0 Å². The van der Waals surface area contributed by atoms with Gasteiger partial charge < -0.3 is 26.1 Å². The summed E-state index contributed by atoms with van der Waals surface area (Å²) in [5.74, 6) is -1.15. The summed E-state index contributed by atoms with van der Waals surface area (Å²) >= 11 is 0. The lowest BCUT2D eigenvalue weighted by molar-refractivity contribution is -0.105. The number of aromatic nitrogens is 5. The minimum atomic E-state index is -0.947. The monoisotopic (exact) mass is 393 g/mol. The summed E-state index contributed by atoms with van der Waals surface area (Å²) in [6, 6.07) is 5.02. The molecule has 0 aliphatic carbocycles. The molecule has 4 rings (SSSR count). The van der Waals surface area contributed by atoms with Gasteiger partial charge in [-0.15, -0.1) is 0 Å². The number of fused-ring (bicyclic) bond motifs is 1. The van der Waals surface area contributed by atoms with Gasteiger partial charge in [-0.25, -0.2) is 4.98 Å². The lowest BCUT2D eigenvalue weighted by atomic mass is 10.1. The molecule has 4 aromatic rings. The number of carbonyl (C=O) groups is 2. The second-order valence-corrected chi connectivity index (χ2v) is 6.23. The topological polar surface area (TPSA) is 172 Å². The van der Waals surface area contributed by atoms with Gasteiger partial charge in [-0.05, 0) is 18.2 Å². The van der Waals surface area contributed by atoms with Gasteiger partial charge in [-0.2, -0.15) is 5.10 Å². The summed E-state index contributed by atoms with van der Waals surface area (Å²) in [7, 11) is 0. The number of aromatic amines is 2. The van der Waals surface area contributed by atoms with Crippen LogP contribution in [-0.4, -0.2) is 42.2 Å². The largest absolute Gasteiger partial charge is 0.502 e. The Morgan fingerprint density at radius 3 is 2.93 bits per heavy atom. The fourth-order valence-corrected chi connectivity index (χ4v) is 2.99. The van der Waals surface area contributed by atoms with Crippen LogP contribution in [0.3, 0.4) is 0 Å². The summed E-state index contributed by atoms with van der Waals surface area (Å²) in [4.78, 5) is 43.7. The molecule has 0 aromatic carbocycles. The van der Waals surface area contributed by atoms with E-state index >= 15 is 0 Å². The maximum Gasteiger partial charge on any atom is 0.291 e. The molecule has 0 atom stereocenters. The van der Waals surface area contributed by atoms with Crippen molar-refractivity contribution >= 4 is 29.2 Å². The Morgan fingerprint density at radius 2 is 2.17 bits per heavy atom. The zero-order chi connectivity index (χ0) is 20.5. The van der Waals surface area contributed by atoms with E-state index in [0.29, 0.717) is 17.9 Å². The van der Waals surface area contributed by atoms with Gasteiger partial charge in [0.15, 0.2) is 5.75 Å². The summed E-state index contributed by atoms with van der Waals surface area (Å²) in [5.41, 5.74) is 6.76. The molecule has 29 heavy (non-hydrogen) atoms. The Balaban J connectivity index is 1.66. The van der Waals surface area contributed by atoms with Gasteiger partial charge >= 0.3 is 0 Å². The highest BCUT2D eigenvalue weighted by molar-refractivity contribution is 6.06. The van der Waals surface area contributed by atoms with Crippen molar-refractivity contribution in [2.75, 3.05) is 5.32 Å². The first-order chi connectivity index (χ1) is 14.0. The molecule has 0 bridgehead atoms. The second kappa shape index (κ2) is 6.96. The number of pyridine rings is 2. The van der Waals surface area contributed by atoms with Crippen LogP contribution < -0.4 is 16.6 Å². The van der Waals surface area contributed by atoms with Gasteiger partial charge in [0.05, 0.1) is 24.0 Å². The molecular formula is C18H15N7O4. The number of nitrogens with two attached hydrogens (primary N) is 1. The van der Waals surface area contributed by atoms with E-state index in [1.165, 1.54) is 0 Å². The smallest absolute Gasteiger partial charge is 0.291 e. The number of rotatable bonds is 6. The van der Waals surface area contributed by atoms with Crippen LogP contribution in [0.5, 0.6) is 5.75 Å². The number of carbonyl (C=O) groups excluding carboxylic acids is 2. The Hall–Kier alpha value is -4.41. The second-order valence-electron chi connectivity index (χ2n) is 6.23. The molecule has 2 amide bonds. The van der Waals surface area contributed by atoms with Crippen LogP contribution in [-0.2, 0) is 11.3 Å². The number of aromatic hydroxyl groups is 1. The Morgan fingerprint density at radius 1 is 1.34 bits per heavy atom. The van der Waals surface area contributed by atoms with Gasteiger partial charge in [0.1, 0.15) is 16.9 Å². The van der Waals surface area contributed by atoms with Crippen molar-refractivity contribution in [2.24, 2.45) is 5.73 Å². The molecule has 4 aromatic heterocycles. The summed E-state index contributed by atoms with van der Waals surface area (Å²) in [6.45, 7) is 0.276. The highest BCUT2D eigenvalue weighted by atomic mass is 16.3. The molecule has 6 N–H and O–H groups in total. The third-order valence-corrected chi connectivity index (χ3v) is 4.32. The zero-order valence-electron chi connectivity index (χ0n) is 14.8. The number of primary amides is 1. The first kappa shape index (κ1) is 18.0. The van der Waals surface area contributed by atoms with Crippen molar-refractivity contribution in [3.63, 3.8) is 0 Å². The van der Waals surface area contributed by atoms with E-state index in [4.69, 9.17) is 5.73 Å². The normalized spacial score (nSPS) is 10.9. The molecule has 0 radical (unpaired) electrons. The number of anilines is 1. The lowest BCUT2D eigenvalue weighted by Gasteiger charge is -2.07. The molecule has 0 aliphatic heterocycles. The predicted octanol–water partition coefficient (Wildman–Crippen LogP) is 0.536. The number of amides is 2. The van der Waals surface area contributed by atoms with E-state index in [1.807, 2.05) is 0 Å². The Bertz CT molecular complexity index is 1300. The van der Waals surface area contributed by atoms with Crippen molar-refractivity contribution in [1.82, 2.24) is 24.7 Å². The molecule has 0 aliphatic rings. The van der Waals surface area contributed by atoms with Crippen LogP contribution >= 0.6 is 0 Å². The first-order valence-corrected chi connectivity index (χ1v) is 8.42. The molecule has 146 valence electrons. The molecule has 0 saturated carbocycles. The number of nitrogens with zero attached hydrogens (tertiary/aromatic N) is 3. The van der Waals surface area contributed by atoms with E-state index in [2.05, 4.69) is 25.4 Å². The van der Waals surface area contributed by atoms with Crippen LogP contribution in [0.25, 0.3) is 22.2 Å². The maximum absolute atomic E-state index is 11.7. The van der Waals surface area contributed by atoms with Crippen molar-refractivity contribution in [3.8, 4) is 16.9 Å². The van der Waals surface area contributed by atoms with Crippen LogP contribution in [0.2, 0.25) is 0 Å². The van der Waals surface area contributed by atoms with Gasteiger partial charge in [0.25, 0.3) is 11.5 Å². The molecule has 0 fully saturated rings. The van der Waals surface area contributed by atoms with Crippen molar-refractivity contribution in [1.29, 1.82) is 0 Å². The SMILES string of the molecule is NC(=O)c1c(O)c(=O)[nH]c2ccc(Cn3cc(-c4c[nH]c(NC=O)c4)cn3)nc12. The molecular weight excluding hydrogens is 378 g/mol.